The average Bonchev–Trinajstić information content (AvgIpc) is 3.36. The summed E-state index contributed by atoms with van der Waals surface area (Å²) in [6, 6.07) is 0. The molecular formula is C64H100O6. The molecule has 1 atom stereocenters. The van der Waals surface area contributed by atoms with Gasteiger partial charge >= 0.3 is 17.9 Å². The van der Waals surface area contributed by atoms with Crippen LogP contribution in [0.1, 0.15) is 220 Å². The summed E-state index contributed by atoms with van der Waals surface area (Å²) in [7, 11) is 0. The molecule has 70 heavy (non-hydrogen) atoms. The van der Waals surface area contributed by atoms with Crippen LogP contribution in [-0.2, 0) is 28.6 Å². The molecule has 392 valence electrons. The number of rotatable bonds is 48. The van der Waals surface area contributed by atoms with Crippen molar-refractivity contribution in [1.82, 2.24) is 0 Å². The maximum Gasteiger partial charge on any atom is 0.310 e. The summed E-state index contributed by atoms with van der Waals surface area (Å²) in [5.74, 6) is -1.10. The molecule has 0 aliphatic carbocycles. The van der Waals surface area contributed by atoms with Crippen molar-refractivity contribution in [2.24, 2.45) is 0 Å². The molecule has 0 saturated heterocycles. The third-order valence-electron chi connectivity index (χ3n) is 11.1. The van der Waals surface area contributed by atoms with Crippen molar-refractivity contribution in [3.63, 3.8) is 0 Å². The van der Waals surface area contributed by atoms with E-state index in [4.69, 9.17) is 14.2 Å². The highest BCUT2D eigenvalue weighted by molar-refractivity contribution is 5.72. The first-order chi connectivity index (χ1) is 34.5. The van der Waals surface area contributed by atoms with Gasteiger partial charge in [-0.05, 0) is 103 Å². The molecule has 0 aliphatic heterocycles. The Kier molecular flexibility index (Phi) is 53.0. The normalized spacial score (nSPS) is 13.2. The number of unbranched alkanes of at least 4 members (excludes halogenated alkanes) is 14. The fourth-order valence-corrected chi connectivity index (χ4v) is 7.03. The van der Waals surface area contributed by atoms with Gasteiger partial charge in [-0.1, -0.05) is 244 Å². The van der Waals surface area contributed by atoms with E-state index in [1.54, 1.807) is 6.08 Å². The molecule has 0 spiro atoms. The number of carbonyl (C=O) groups excluding carboxylic acids is 3. The Balaban J connectivity index is 4.52. The maximum atomic E-state index is 12.8. The molecular weight excluding hydrogens is 865 g/mol. The van der Waals surface area contributed by atoms with Gasteiger partial charge in [0, 0.05) is 12.8 Å². The van der Waals surface area contributed by atoms with Gasteiger partial charge < -0.3 is 14.2 Å². The second-order valence-electron chi connectivity index (χ2n) is 17.8. The molecule has 6 nitrogen and oxygen atoms in total. The van der Waals surface area contributed by atoms with E-state index in [1.165, 1.54) is 57.8 Å². The Hall–Kier alpha value is -4.71. The largest absolute Gasteiger partial charge is 0.462 e. The predicted octanol–water partition coefficient (Wildman–Crippen LogP) is 18.8. The standard InChI is InChI=1S/C64H100O6/c1-4-7-10-13-16-19-22-25-27-28-29-30-31-32-33-34-35-36-38-39-42-45-48-51-54-57-63(66)69-60-61(59-68-62(65)56-53-50-47-44-41-24-21-18-15-12-9-6-3)70-64(67)58-55-52-49-46-43-40-37-26-23-20-17-14-11-8-5-2/h7-8,10-11,16-17,19-20,25-27,29-30,32-33,35-37,39,42-43,46,52,55,61H,4-6,9,12-15,18,21-24,28,31,34,38,40-41,44-45,47-51,53-54,56-60H2,1-3H3/b10-7-,11-8-,19-16-,20-17-,27-25-,30-29-,33-32-,36-35-,37-26-,42-39-,46-43-,55-52-. The summed E-state index contributed by atoms with van der Waals surface area (Å²) in [5.41, 5.74) is 0. The van der Waals surface area contributed by atoms with Crippen LogP contribution in [0, 0.1) is 0 Å². The lowest BCUT2D eigenvalue weighted by atomic mass is 10.0. The Labute approximate surface area is 429 Å². The SMILES string of the molecule is CC/C=C\C/C=C\C/C=C\C/C=C\C/C=C\C/C=C\C/C=C\CCCCCC(=O)OCC(COC(=O)CCCCCCCCCCCCCC)OC(=O)C/C=C\C/C=C\C/C=C\C/C=C\C/C=C\CC. The van der Waals surface area contributed by atoms with E-state index in [0.717, 1.165) is 116 Å². The summed E-state index contributed by atoms with van der Waals surface area (Å²) in [4.78, 5) is 38.0. The molecule has 0 aliphatic rings. The Bertz CT molecular complexity index is 1580. The monoisotopic (exact) mass is 965 g/mol. The number of allylic oxidation sites excluding steroid dienone is 23. The molecule has 0 aromatic carbocycles. The lowest BCUT2D eigenvalue weighted by Gasteiger charge is -2.18. The molecule has 0 fully saturated rings. The van der Waals surface area contributed by atoms with Crippen molar-refractivity contribution in [3.8, 4) is 0 Å². The fraction of sp³-hybridized carbons (Fsp3) is 0.578. The van der Waals surface area contributed by atoms with E-state index in [-0.39, 0.29) is 31.6 Å². The Morgan fingerprint density at radius 2 is 0.600 bits per heavy atom. The highest BCUT2D eigenvalue weighted by Crippen LogP contribution is 2.13. The van der Waals surface area contributed by atoms with Gasteiger partial charge in [0.25, 0.3) is 0 Å². The quantitative estimate of drug-likeness (QED) is 0.0262. The third kappa shape index (κ3) is 54.2. The van der Waals surface area contributed by atoms with Crippen LogP contribution < -0.4 is 0 Å². The van der Waals surface area contributed by atoms with Crippen LogP contribution in [0.25, 0.3) is 0 Å². The third-order valence-corrected chi connectivity index (χ3v) is 11.1. The minimum absolute atomic E-state index is 0.0839. The van der Waals surface area contributed by atoms with Gasteiger partial charge in [0.05, 0.1) is 6.42 Å². The second kappa shape index (κ2) is 56.9. The van der Waals surface area contributed by atoms with Gasteiger partial charge in [0.1, 0.15) is 13.2 Å². The van der Waals surface area contributed by atoms with Crippen molar-refractivity contribution < 1.29 is 28.6 Å². The average molecular weight is 965 g/mol. The molecule has 0 aromatic rings. The first-order valence-electron chi connectivity index (χ1n) is 27.8. The molecule has 1 unspecified atom stereocenters. The Morgan fingerprint density at radius 1 is 0.314 bits per heavy atom. The van der Waals surface area contributed by atoms with E-state index >= 15 is 0 Å². The summed E-state index contributed by atoms with van der Waals surface area (Å²) in [6.45, 7) is 6.28. The van der Waals surface area contributed by atoms with Gasteiger partial charge in [-0.3, -0.25) is 14.4 Å². The van der Waals surface area contributed by atoms with E-state index < -0.39 is 12.1 Å². The van der Waals surface area contributed by atoms with Crippen LogP contribution in [0.2, 0.25) is 0 Å². The van der Waals surface area contributed by atoms with Crippen molar-refractivity contribution >= 4 is 17.9 Å². The zero-order valence-corrected chi connectivity index (χ0v) is 44.7. The van der Waals surface area contributed by atoms with Crippen molar-refractivity contribution in [2.75, 3.05) is 13.2 Å². The van der Waals surface area contributed by atoms with E-state index in [9.17, 15) is 14.4 Å². The number of esters is 3. The molecule has 0 saturated carbocycles. The van der Waals surface area contributed by atoms with Crippen LogP contribution in [0.15, 0.2) is 146 Å². The summed E-state index contributed by atoms with van der Waals surface area (Å²) in [5, 5.41) is 0. The van der Waals surface area contributed by atoms with Crippen LogP contribution in [0.5, 0.6) is 0 Å². The minimum Gasteiger partial charge on any atom is -0.462 e. The molecule has 0 aromatic heterocycles. The van der Waals surface area contributed by atoms with Crippen LogP contribution in [0.3, 0.4) is 0 Å². The number of hydrogen-bond acceptors (Lipinski definition) is 6. The highest BCUT2D eigenvalue weighted by atomic mass is 16.6. The molecule has 0 amide bonds. The maximum absolute atomic E-state index is 12.8. The van der Waals surface area contributed by atoms with E-state index in [0.29, 0.717) is 19.3 Å². The van der Waals surface area contributed by atoms with Crippen LogP contribution >= 0.6 is 0 Å². The van der Waals surface area contributed by atoms with Gasteiger partial charge in [-0.2, -0.15) is 0 Å². The first kappa shape index (κ1) is 65.3. The predicted molar refractivity (Wildman–Crippen MR) is 302 cm³/mol. The fourth-order valence-electron chi connectivity index (χ4n) is 7.03. The Morgan fingerprint density at radius 3 is 0.943 bits per heavy atom. The summed E-state index contributed by atoms with van der Waals surface area (Å²) in [6.07, 6.45) is 81.5. The van der Waals surface area contributed by atoms with Crippen molar-refractivity contribution in [3.05, 3.63) is 146 Å². The smallest absolute Gasteiger partial charge is 0.310 e. The highest BCUT2D eigenvalue weighted by Gasteiger charge is 2.19. The van der Waals surface area contributed by atoms with Gasteiger partial charge in [-0.15, -0.1) is 0 Å². The zero-order valence-electron chi connectivity index (χ0n) is 44.7. The second-order valence-corrected chi connectivity index (χ2v) is 17.8. The van der Waals surface area contributed by atoms with Gasteiger partial charge in [0.2, 0.25) is 0 Å². The van der Waals surface area contributed by atoms with E-state index in [1.807, 2.05) is 6.08 Å². The van der Waals surface area contributed by atoms with Crippen molar-refractivity contribution in [2.45, 2.75) is 226 Å². The minimum atomic E-state index is -0.851. The summed E-state index contributed by atoms with van der Waals surface area (Å²) < 4.78 is 16.7. The lowest BCUT2D eigenvalue weighted by molar-refractivity contribution is -0.166. The molecule has 0 heterocycles. The first-order valence-corrected chi connectivity index (χ1v) is 27.8. The van der Waals surface area contributed by atoms with Crippen LogP contribution in [0.4, 0.5) is 0 Å². The summed E-state index contributed by atoms with van der Waals surface area (Å²) >= 11 is 0. The zero-order chi connectivity index (χ0) is 50.7. The van der Waals surface area contributed by atoms with Gasteiger partial charge in [-0.25, -0.2) is 0 Å². The lowest BCUT2D eigenvalue weighted by Crippen LogP contribution is -2.30. The molecule has 0 N–H and O–H groups in total. The molecule has 0 rings (SSSR count). The van der Waals surface area contributed by atoms with Gasteiger partial charge in [0.15, 0.2) is 6.10 Å². The van der Waals surface area contributed by atoms with Crippen molar-refractivity contribution in [1.29, 1.82) is 0 Å². The number of carbonyl (C=O) groups is 3. The van der Waals surface area contributed by atoms with Crippen LogP contribution in [-0.4, -0.2) is 37.2 Å². The number of ether oxygens (including phenoxy) is 3. The molecule has 6 heteroatoms. The molecule has 0 bridgehead atoms. The number of hydrogen-bond donors (Lipinski definition) is 0. The topological polar surface area (TPSA) is 78.9 Å². The molecule has 0 radical (unpaired) electrons. The van der Waals surface area contributed by atoms with E-state index in [2.05, 4.69) is 154 Å².